The number of ether oxygens (including phenoxy) is 2. The second-order valence-electron chi connectivity index (χ2n) is 5.15. The van der Waals surface area contributed by atoms with Gasteiger partial charge in [-0.1, -0.05) is 15.9 Å². The first kappa shape index (κ1) is 20.6. The summed E-state index contributed by atoms with van der Waals surface area (Å²) in [6, 6.07) is 9.18. The molecule has 0 radical (unpaired) electrons. The fraction of sp³-hybridized carbons (Fsp3) is 0.188. The number of nitro benzene ring substituents is 1. The van der Waals surface area contributed by atoms with Crippen molar-refractivity contribution in [3.63, 3.8) is 0 Å². The maximum atomic E-state index is 13.1. The van der Waals surface area contributed by atoms with Gasteiger partial charge in [0.05, 0.1) is 24.0 Å². The first-order valence-corrected chi connectivity index (χ1v) is 9.61. The van der Waals surface area contributed by atoms with Gasteiger partial charge in [0, 0.05) is 16.6 Å². The average molecular weight is 459 g/mol. The molecule has 0 atom stereocenters. The van der Waals surface area contributed by atoms with E-state index in [0.717, 1.165) is 13.2 Å². The Morgan fingerprint density at radius 1 is 1.19 bits per heavy atom. The van der Waals surface area contributed by atoms with Crippen LogP contribution in [-0.2, 0) is 19.6 Å². The molecule has 0 spiro atoms. The summed E-state index contributed by atoms with van der Waals surface area (Å²) in [6.07, 6.45) is 0. The normalized spacial score (nSPS) is 10.9. The van der Waals surface area contributed by atoms with Crippen LogP contribution in [0.3, 0.4) is 0 Å². The minimum atomic E-state index is -4.24. The first-order valence-electron chi connectivity index (χ1n) is 7.38. The molecular weight excluding hydrogens is 444 g/mol. The van der Waals surface area contributed by atoms with Gasteiger partial charge in [-0.25, -0.2) is 8.42 Å². The molecule has 0 aliphatic heterocycles. The number of carbonyl (C=O) groups excluding carboxylic acids is 1. The number of methoxy groups -OCH3 is 2. The summed E-state index contributed by atoms with van der Waals surface area (Å²) in [6.45, 7) is -0.688. The van der Waals surface area contributed by atoms with Crippen LogP contribution in [-0.4, -0.2) is 40.1 Å². The second kappa shape index (κ2) is 8.35. The number of sulfonamides is 1. The molecule has 2 aromatic carbocycles. The third-order valence-corrected chi connectivity index (χ3v) is 5.85. The van der Waals surface area contributed by atoms with Gasteiger partial charge in [0.2, 0.25) is 0 Å². The van der Waals surface area contributed by atoms with Crippen molar-refractivity contribution in [2.24, 2.45) is 0 Å². The lowest BCUT2D eigenvalue weighted by Gasteiger charge is -2.24. The summed E-state index contributed by atoms with van der Waals surface area (Å²) in [7, 11) is -1.85. The quantitative estimate of drug-likeness (QED) is 0.355. The van der Waals surface area contributed by atoms with Gasteiger partial charge in [0.1, 0.15) is 18.0 Å². The molecule has 144 valence electrons. The van der Waals surface area contributed by atoms with Gasteiger partial charge in [-0.2, -0.15) is 0 Å². The number of hydrogen-bond acceptors (Lipinski definition) is 7. The number of hydrogen-bond donors (Lipinski definition) is 0. The lowest BCUT2D eigenvalue weighted by Crippen LogP contribution is -2.36. The highest BCUT2D eigenvalue weighted by molar-refractivity contribution is 9.10. The highest BCUT2D eigenvalue weighted by atomic mass is 79.9. The minimum absolute atomic E-state index is 0.0465. The van der Waals surface area contributed by atoms with Crippen LogP contribution in [0.2, 0.25) is 0 Å². The number of benzene rings is 2. The zero-order valence-electron chi connectivity index (χ0n) is 14.3. The zero-order chi connectivity index (χ0) is 20.2. The van der Waals surface area contributed by atoms with E-state index in [9.17, 15) is 23.3 Å². The number of nitro groups is 1. The molecular formula is C16H15BrN2O7S. The van der Waals surface area contributed by atoms with Crippen LogP contribution in [0.4, 0.5) is 11.4 Å². The van der Waals surface area contributed by atoms with Gasteiger partial charge < -0.3 is 9.47 Å². The van der Waals surface area contributed by atoms with E-state index >= 15 is 0 Å². The van der Waals surface area contributed by atoms with Gasteiger partial charge >= 0.3 is 5.97 Å². The molecule has 9 nitrogen and oxygen atoms in total. The van der Waals surface area contributed by atoms with Gasteiger partial charge in [-0.05, 0) is 30.3 Å². The number of halogens is 1. The first-order chi connectivity index (χ1) is 12.7. The molecule has 0 amide bonds. The van der Waals surface area contributed by atoms with Crippen LogP contribution in [0.1, 0.15) is 0 Å². The van der Waals surface area contributed by atoms with Crippen molar-refractivity contribution in [2.75, 3.05) is 25.1 Å². The summed E-state index contributed by atoms with van der Waals surface area (Å²) >= 11 is 3.22. The molecule has 11 heteroatoms. The van der Waals surface area contributed by atoms with Crippen molar-refractivity contribution in [1.82, 2.24) is 0 Å². The molecule has 0 N–H and O–H groups in total. The Balaban J connectivity index is 2.68. The maximum Gasteiger partial charge on any atom is 0.326 e. The monoisotopic (exact) mass is 458 g/mol. The molecule has 0 aromatic heterocycles. The molecule has 0 bridgehead atoms. The highest BCUT2D eigenvalue weighted by Crippen LogP contribution is 2.35. The average Bonchev–Trinajstić information content (AvgIpc) is 2.65. The summed E-state index contributed by atoms with van der Waals surface area (Å²) in [5, 5.41) is 11.1. The lowest BCUT2D eigenvalue weighted by molar-refractivity contribution is -0.384. The largest absolute Gasteiger partial charge is 0.495 e. The number of non-ortho nitro benzene ring substituents is 1. The Morgan fingerprint density at radius 3 is 2.33 bits per heavy atom. The molecule has 0 heterocycles. The predicted octanol–water partition coefficient (Wildman–Crippen LogP) is 2.73. The Morgan fingerprint density at radius 2 is 1.81 bits per heavy atom. The highest BCUT2D eigenvalue weighted by Gasteiger charge is 2.31. The van der Waals surface area contributed by atoms with Crippen LogP contribution in [0.5, 0.6) is 5.75 Å². The van der Waals surface area contributed by atoms with Crippen molar-refractivity contribution >= 4 is 43.3 Å². The van der Waals surface area contributed by atoms with Crippen LogP contribution < -0.4 is 9.04 Å². The number of nitrogens with zero attached hydrogens (tertiary/aromatic N) is 2. The molecule has 0 unspecified atom stereocenters. The smallest absolute Gasteiger partial charge is 0.326 e. The molecule has 0 aliphatic rings. The Labute approximate surface area is 163 Å². The van der Waals surface area contributed by atoms with Crippen LogP contribution in [0.15, 0.2) is 51.8 Å². The molecule has 0 fully saturated rings. The van der Waals surface area contributed by atoms with E-state index in [-0.39, 0.29) is 22.0 Å². The van der Waals surface area contributed by atoms with Gasteiger partial charge in [0.15, 0.2) is 0 Å². The van der Waals surface area contributed by atoms with Crippen molar-refractivity contribution in [1.29, 1.82) is 0 Å². The standard InChI is InChI=1S/C16H15BrN2O7S/c1-25-15-8-5-12(19(21)22)9-14(15)18(10-16(20)26-2)27(23,24)13-6-3-11(17)4-7-13/h3-9H,10H2,1-2H3. The third-order valence-electron chi connectivity index (χ3n) is 3.54. The fourth-order valence-corrected chi connectivity index (χ4v) is 3.88. The number of anilines is 1. The Bertz CT molecular complexity index is 961. The molecule has 0 saturated heterocycles. The minimum Gasteiger partial charge on any atom is -0.495 e. The molecule has 2 rings (SSSR count). The zero-order valence-corrected chi connectivity index (χ0v) is 16.7. The fourth-order valence-electron chi connectivity index (χ4n) is 2.20. The van der Waals surface area contributed by atoms with E-state index < -0.39 is 27.5 Å². The van der Waals surface area contributed by atoms with E-state index in [4.69, 9.17) is 4.74 Å². The maximum absolute atomic E-state index is 13.1. The molecule has 27 heavy (non-hydrogen) atoms. The number of carbonyl (C=O) groups is 1. The summed E-state index contributed by atoms with van der Waals surface area (Å²) in [5.74, 6) is -0.797. The number of esters is 1. The Kier molecular flexibility index (Phi) is 6.39. The van der Waals surface area contributed by atoms with Gasteiger partial charge in [0.25, 0.3) is 15.7 Å². The van der Waals surface area contributed by atoms with E-state index in [2.05, 4.69) is 20.7 Å². The van der Waals surface area contributed by atoms with Crippen molar-refractivity contribution in [3.05, 3.63) is 57.1 Å². The van der Waals surface area contributed by atoms with Gasteiger partial charge in [-0.15, -0.1) is 0 Å². The summed E-state index contributed by atoms with van der Waals surface area (Å²) in [4.78, 5) is 22.2. The van der Waals surface area contributed by atoms with Crippen molar-refractivity contribution in [3.8, 4) is 5.75 Å². The lowest BCUT2D eigenvalue weighted by atomic mass is 10.2. The van der Waals surface area contributed by atoms with Crippen LogP contribution in [0, 0.1) is 10.1 Å². The summed E-state index contributed by atoms with van der Waals surface area (Å²) in [5.41, 5.74) is -0.508. The van der Waals surface area contributed by atoms with Crippen molar-refractivity contribution < 1.29 is 27.6 Å². The molecule has 0 aliphatic carbocycles. The number of rotatable bonds is 7. The van der Waals surface area contributed by atoms with E-state index in [1.54, 1.807) is 0 Å². The van der Waals surface area contributed by atoms with Crippen LogP contribution in [0.25, 0.3) is 0 Å². The van der Waals surface area contributed by atoms with Gasteiger partial charge in [-0.3, -0.25) is 19.2 Å². The van der Waals surface area contributed by atoms with Crippen LogP contribution >= 0.6 is 15.9 Å². The van der Waals surface area contributed by atoms with Crippen molar-refractivity contribution in [2.45, 2.75) is 4.90 Å². The van der Waals surface area contributed by atoms with E-state index in [1.807, 2.05) is 0 Å². The molecule has 0 saturated carbocycles. The Hall–Kier alpha value is -2.66. The predicted molar refractivity (Wildman–Crippen MR) is 100 cm³/mol. The van der Waals surface area contributed by atoms with E-state index in [1.165, 1.54) is 43.5 Å². The SMILES string of the molecule is COC(=O)CN(c1cc([N+](=O)[O-])ccc1OC)S(=O)(=O)c1ccc(Br)cc1. The van der Waals surface area contributed by atoms with E-state index in [0.29, 0.717) is 8.78 Å². The second-order valence-corrected chi connectivity index (χ2v) is 7.93. The topological polar surface area (TPSA) is 116 Å². The molecule has 2 aromatic rings. The third kappa shape index (κ3) is 4.55. The summed E-state index contributed by atoms with van der Waals surface area (Å²) < 4.78 is 37.3.